The van der Waals surface area contributed by atoms with Crippen LogP contribution in [0.1, 0.15) is 28.9 Å². The Hall–Kier alpha value is -1.63. The molecule has 0 unspecified atom stereocenters. The smallest absolute Gasteiger partial charge is 0.268 e. The summed E-state index contributed by atoms with van der Waals surface area (Å²) in [6.07, 6.45) is 2.55. The molecular formula is C20H22BrN3OS. The summed E-state index contributed by atoms with van der Waals surface area (Å²) in [5.41, 5.74) is 3.04. The summed E-state index contributed by atoms with van der Waals surface area (Å²) in [5.74, 6) is 0.0136. The number of thiophene rings is 1. The monoisotopic (exact) mass is 431 g/mol. The van der Waals surface area contributed by atoms with Gasteiger partial charge in [-0.2, -0.15) is 0 Å². The van der Waals surface area contributed by atoms with Gasteiger partial charge in [0.25, 0.3) is 5.91 Å². The highest BCUT2D eigenvalue weighted by Crippen LogP contribution is 2.33. The summed E-state index contributed by atoms with van der Waals surface area (Å²) >= 11 is 5.23. The second-order valence-corrected chi connectivity index (χ2v) is 9.17. The fourth-order valence-electron chi connectivity index (χ4n) is 3.56. The van der Waals surface area contributed by atoms with Crippen molar-refractivity contribution in [2.45, 2.75) is 19.4 Å². The molecule has 4 nitrogen and oxygen atoms in total. The highest BCUT2D eigenvalue weighted by Gasteiger charge is 2.18. The van der Waals surface area contributed by atoms with E-state index >= 15 is 0 Å². The molecule has 0 radical (unpaired) electrons. The van der Waals surface area contributed by atoms with E-state index in [0.717, 1.165) is 39.3 Å². The maximum atomic E-state index is 12.8. The van der Waals surface area contributed by atoms with E-state index in [-0.39, 0.29) is 5.91 Å². The number of carbonyl (C=O) groups excluding carboxylic acids is 1. The third-order valence-corrected chi connectivity index (χ3v) is 6.46. The van der Waals surface area contributed by atoms with Crippen molar-refractivity contribution in [2.24, 2.45) is 0 Å². The van der Waals surface area contributed by atoms with Crippen molar-refractivity contribution in [3.8, 4) is 0 Å². The summed E-state index contributed by atoms with van der Waals surface area (Å²) < 4.78 is 4.35. The van der Waals surface area contributed by atoms with Crippen molar-refractivity contribution in [3.05, 3.63) is 57.5 Å². The van der Waals surface area contributed by atoms with Gasteiger partial charge in [0.05, 0.1) is 14.0 Å². The molecule has 4 rings (SSSR count). The van der Waals surface area contributed by atoms with Crippen LogP contribution < -0.4 is 5.32 Å². The highest BCUT2D eigenvalue weighted by molar-refractivity contribution is 9.11. The predicted octanol–water partition coefficient (Wildman–Crippen LogP) is 4.34. The second-order valence-electron chi connectivity index (χ2n) is 6.71. The summed E-state index contributed by atoms with van der Waals surface area (Å²) in [6.45, 7) is 4.65. The number of halogens is 1. The number of nitrogens with zero attached hydrogens (tertiary/aromatic N) is 2. The standard InChI is InChI=1S/C20H22BrN3OS/c21-19-13-16-18(26-19)12-17(24(16)14-15-6-2-1-3-7-15)20(25)22-8-11-23-9-4-5-10-23/h1-3,6-7,12-13H,4-5,8-11,14H2,(H,22,25). The number of likely N-dealkylation sites (tertiary alicyclic amines) is 1. The van der Waals surface area contributed by atoms with E-state index in [0.29, 0.717) is 13.1 Å². The lowest BCUT2D eigenvalue weighted by molar-refractivity contribution is 0.0941. The van der Waals surface area contributed by atoms with Crippen LogP contribution >= 0.6 is 27.3 Å². The molecule has 136 valence electrons. The van der Waals surface area contributed by atoms with Crippen LogP contribution in [0.15, 0.2) is 46.3 Å². The first-order valence-corrected chi connectivity index (χ1v) is 10.6. The average molecular weight is 432 g/mol. The van der Waals surface area contributed by atoms with Crippen molar-refractivity contribution in [3.63, 3.8) is 0 Å². The topological polar surface area (TPSA) is 37.3 Å². The number of hydrogen-bond acceptors (Lipinski definition) is 3. The molecule has 0 saturated carbocycles. The Morgan fingerprint density at radius 2 is 1.92 bits per heavy atom. The molecule has 6 heteroatoms. The normalized spacial score (nSPS) is 15.0. The van der Waals surface area contributed by atoms with Gasteiger partial charge in [0.1, 0.15) is 5.69 Å². The van der Waals surface area contributed by atoms with Gasteiger partial charge in [0.2, 0.25) is 0 Å². The SMILES string of the molecule is O=C(NCCN1CCCC1)c1cc2sc(Br)cc2n1Cc1ccccc1. The van der Waals surface area contributed by atoms with Crippen LogP contribution in [0.5, 0.6) is 0 Å². The summed E-state index contributed by atoms with van der Waals surface area (Å²) in [4.78, 5) is 15.2. The lowest BCUT2D eigenvalue weighted by atomic mass is 10.2. The zero-order valence-corrected chi connectivity index (χ0v) is 17.0. The highest BCUT2D eigenvalue weighted by atomic mass is 79.9. The first kappa shape index (κ1) is 17.8. The Morgan fingerprint density at radius 3 is 2.69 bits per heavy atom. The van der Waals surface area contributed by atoms with Crippen LogP contribution in [0.4, 0.5) is 0 Å². The van der Waals surface area contributed by atoms with Gasteiger partial charge < -0.3 is 14.8 Å². The molecule has 1 saturated heterocycles. The van der Waals surface area contributed by atoms with Crippen molar-refractivity contribution in [1.29, 1.82) is 0 Å². The molecule has 1 N–H and O–H groups in total. The molecule has 26 heavy (non-hydrogen) atoms. The summed E-state index contributed by atoms with van der Waals surface area (Å²) in [6, 6.07) is 14.4. The van der Waals surface area contributed by atoms with Crippen molar-refractivity contribution in [1.82, 2.24) is 14.8 Å². The van der Waals surface area contributed by atoms with Crippen LogP contribution in [0.2, 0.25) is 0 Å². The largest absolute Gasteiger partial charge is 0.349 e. The molecule has 0 bridgehead atoms. The molecular weight excluding hydrogens is 410 g/mol. The Labute approximate surface area is 165 Å². The van der Waals surface area contributed by atoms with Gasteiger partial charge in [0, 0.05) is 19.6 Å². The Morgan fingerprint density at radius 1 is 1.15 bits per heavy atom. The lowest BCUT2D eigenvalue weighted by Gasteiger charge is -2.15. The molecule has 0 atom stereocenters. The minimum Gasteiger partial charge on any atom is -0.349 e. The van der Waals surface area contributed by atoms with Crippen molar-refractivity contribution >= 4 is 43.4 Å². The van der Waals surface area contributed by atoms with E-state index in [9.17, 15) is 4.79 Å². The van der Waals surface area contributed by atoms with Crippen LogP contribution in [0.3, 0.4) is 0 Å². The zero-order valence-electron chi connectivity index (χ0n) is 14.6. The third-order valence-electron chi connectivity index (χ3n) is 4.89. The molecule has 1 aliphatic rings. The van der Waals surface area contributed by atoms with Gasteiger partial charge in [-0.1, -0.05) is 30.3 Å². The number of rotatable bonds is 6. The second kappa shape index (κ2) is 7.94. The van der Waals surface area contributed by atoms with E-state index in [2.05, 4.69) is 48.9 Å². The Balaban J connectivity index is 1.54. The van der Waals surface area contributed by atoms with Crippen LogP contribution in [-0.4, -0.2) is 41.6 Å². The number of hydrogen-bond donors (Lipinski definition) is 1. The lowest BCUT2D eigenvalue weighted by Crippen LogP contribution is -2.34. The predicted molar refractivity (Wildman–Crippen MR) is 111 cm³/mol. The molecule has 1 aromatic carbocycles. The van der Waals surface area contributed by atoms with E-state index in [1.165, 1.54) is 18.4 Å². The molecule has 1 aliphatic heterocycles. The first-order chi connectivity index (χ1) is 12.7. The van der Waals surface area contributed by atoms with E-state index in [1.807, 2.05) is 24.3 Å². The fraction of sp³-hybridized carbons (Fsp3) is 0.350. The number of amides is 1. The van der Waals surface area contributed by atoms with E-state index in [1.54, 1.807) is 11.3 Å². The van der Waals surface area contributed by atoms with Crippen molar-refractivity contribution < 1.29 is 4.79 Å². The van der Waals surface area contributed by atoms with Gasteiger partial charge in [-0.25, -0.2) is 0 Å². The Kier molecular flexibility index (Phi) is 5.43. The van der Waals surface area contributed by atoms with Crippen LogP contribution in [-0.2, 0) is 6.54 Å². The number of benzene rings is 1. The van der Waals surface area contributed by atoms with Gasteiger partial charge in [-0.3, -0.25) is 4.79 Å². The molecule has 0 aliphatic carbocycles. The fourth-order valence-corrected chi connectivity index (χ4v) is 5.13. The van der Waals surface area contributed by atoms with Crippen molar-refractivity contribution in [2.75, 3.05) is 26.2 Å². The van der Waals surface area contributed by atoms with Gasteiger partial charge in [0.15, 0.2) is 0 Å². The van der Waals surface area contributed by atoms with Crippen LogP contribution in [0, 0.1) is 0 Å². The van der Waals surface area contributed by atoms with Gasteiger partial charge >= 0.3 is 0 Å². The summed E-state index contributed by atoms with van der Waals surface area (Å²) in [7, 11) is 0. The minimum atomic E-state index is 0.0136. The van der Waals surface area contributed by atoms with E-state index in [4.69, 9.17) is 0 Å². The van der Waals surface area contributed by atoms with Crippen LogP contribution in [0.25, 0.3) is 10.2 Å². The molecule has 0 spiro atoms. The number of fused-ring (bicyclic) bond motifs is 1. The molecule has 2 aromatic heterocycles. The van der Waals surface area contributed by atoms with Gasteiger partial charge in [-0.05, 0) is 59.6 Å². The zero-order chi connectivity index (χ0) is 17.9. The molecule has 1 fully saturated rings. The maximum absolute atomic E-state index is 12.8. The third kappa shape index (κ3) is 3.87. The quantitative estimate of drug-likeness (QED) is 0.629. The van der Waals surface area contributed by atoms with Gasteiger partial charge in [-0.15, -0.1) is 11.3 Å². The molecule has 3 aromatic rings. The number of nitrogens with one attached hydrogen (secondary N) is 1. The number of carbonyl (C=O) groups is 1. The average Bonchev–Trinajstić information content (AvgIpc) is 3.34. The minimum absolute atomic E-state index is 0.0136. The first-order valence-electron chi connectivity index (χ1n) is 9.04. The maximum Gasteiger partial charge on any atom is 0.268 e. The number of aromatic nitrogens is 1. The Bertz CT molecular complexity index is 897. The molecule has 1 amide bonds. The molecule has 3 heterocycles. The summed E-state index contributed by atoms with van der Waals surface area (Å²) in [5, 5.41) is 3.11. The van der Waals surface area contributed by atoms with E-state index < -0.39 is 0 Å².